The lowest BCUT2D eigenvalue weighted by atomic mass is 9.60. The van der Waals surface area contributed by atoms with E-state index < -0.39 is 23.6 Å². The molecule has 5 bridgehead atoms. The Morgan fingerprint density at radius 3 is 2.90 bits per heavy atom. The number of methoxy groups -OCH3 is 2. The highest BCUT2D eigenvalue weighted by Gasteiger charge is 2.69. The van der Waals surface area contributed by atoms with E-state index in [9.17, 15) is 9.59 Å². The van der Waals surface area contributed by atoms with Crippen LogP contribution in [0.1, 0.15) is 0 Å². The van der Waals surface area contributed by atoms with Crippen molar-refractivity contribution in [3.05, 3.63) is 23.5 Å². The quantitative estimate of drug-likeness (QED) is 0.671. The molecule has 106 valence electrons. The van der Waals surface area contributed by atoms with Crippen LogP contribution >= 0.6 is 0 Å². The number of fused-ring (bicyclic) bond motifs is 1. The number of hydrogen-bond acceptors (Lipinski definition) is 6. The van der Waals surface area contributed by atoms with E-state index in [2.05, 4.69) is 0 Å². The fourth-order valence-corrected chi connectivity index (χ4v) is 3.86. The van der Waals surface area contributed by atoms with Crippen molar-refractivity contribution in [3.63, 3.8) is 0 Å². The van der Waals surface area contributed by atoms with Gasteiger partial charge in [-0.25, -0.2) is 4.79 Å². The molecular formula is C14H14O6. The van der Waals surface area contributed by atoms with Gasteiger partial charge >= 0.3 is 5.97 Å². The smallest absolute Gasteiger partial charge is 0.334 e. The summed E-state index contributed by atoms with van der Waals surface area (Å²) in [5.41, 5.74) is 0.414. The van der Waals surface area contributed by atoms with Gasteiger partial charge in [-0.1, -0.05) is 6.08 Å². The molecule has 0 aromatic carbocycles. The summed E-state index contributed by atoms with van der Waals surface area (Å²) in [5.74, 6) is -2.41. The second-order valence-electron chi connectivity index (χ2n) is 5.43. The summed E-state index contributed by atoms with van der Waals surface area (Å²) >= 11 is 0. The van der Waals surface area contributed by atoms with Crippen LogP contribution in [-0.4, -0.2) is 44.5 Å². The first-order valence-corrected chi connectivity index (χ1v) is 6.53. The topological polar surface area (TPSA) is 71.1 Å². The Bertz CT molecular complexity index is 576. The third kappa shape index (κ3) is 1.17. The van der Waals surface area contributed by atoms with Crippen LogP contribution in [0.2, 0.25) is 0 Å². The number of rotatable bonds is 2. The van der Waals surface area contributed by atoms with E-state index in [4.69, 9.17) is 18.9 Å². The standard InChI is InChI=1S/C14H14O6/c1-17-13(16)9-4-8-7-3-6-5-19-14(18-2,12(8)15)10(9)11(7)20-6/h3-4,7-8,10-11H,5H2,1-2H3/t7-,8+,10-,11+,14?/m0/s1. The fourth-order valence-electron chi connectivity index (χ4n) is 3.86. The minimum absolute atomic E-state index is 0.0388. The van der Waals surface area contributed by atoms with Crippen LogP contribution in [0, 0.1) is 17.8 Å². The van der Waals surface area contributed by atoms with Gasteiger partial charge in [0.25, 0.3) is 0 Å². The molecule has 5 rings (SSSR count). The monoisotopic (exact) mass is 278 g/mol. The zero-order valence-corrected chi connectivity index (χ0v) is 11.1. The Morgan fingerprint density at radius 1 is 1.40 bits per heavy atom. The molecule has 0 aromatic heterocycles. The Balaban J connectivity index is 1.93. The van der Waals surface area contributed by atoms with Gasteiger partial charge in [0.15, 0.2) is 5.78 Å². The van der Waals surface area contributed by atoms with Crippen molar-refractivity contribution in [2.45, 2.75) is 11.9 Å². The summed E-state index contributed by atoms with van der Waals surface area (Å²) < 4.78 is 21.8. The lowest BCUT2D eigenvalue weighted by molar-refractivity contribution is -0.252. The number of ether oxygens (including phenoxy) is 4. The maximum Gasteiger partial charge on any atom is 0.334 e. The molecule has 0 aromatic rings. The molecule has 2 aliphatic heterocycles. The summed E-state index contributed by atoms with van der Waals surface area (Å²) in [6.45, 7) is 0.185. The van der Waals surface area contributed by atoms with Gasteiger partial charge < -0.3 is 18.9 Å². The van der Waals surface area contributed by atoms with E-state index >= 15 is 0 Å². The van der Waals surface area contributed by atoms with Gasteiger partial charge in [0, 0.05) is 18.6 Å². The van der Waals surface area contributed by atoms with Crippen LogP contribution in [0.15, 0.2) is 23.5 Å². The van der Waals surface area contributed by atoms with E-state index in [1.54, 1.807) is 6.08 Å². The Labute approximate surface area is 115 Å². The summed E-state index contributed by atoms with van der Waals surface area (Å²) in [4.78, 5) is 24.7. The molecule has 3 aliphatic carbocycles. The van der Waals surface area contributed by atoms with E-state index in [0.717, 1.165) is 0 Å². The van der Waals surface area contributed by atoms with Gasteiger partial charge in [0.2, 0.25) is 5.79 Å². The minimum Gasteiger partial charge on any atom is -0.491 e. The number of esters is 1. The zero-order chi connectivity index (χ0) is 14.1. The lowest BCUT2D eigenvalue weighted by Gasteiger charge is -2.50. The van der Waals surface area contributed by atoms with Crippen LogP contribution in [-0.2, 0) is 28.5 Å². The van der Waals surface area contributed by atoms with Crippen LogP contribution in [0.25, 0.3) is 0 Å². The summed E-state index contributed by atoms with van der Waals surface area (Å²) in [5, 5.41) is 0. The number of carbonyl (C=O) groups is 2. The molecule has 0 radical (unpaired) electrons. The van der Waals surface area contributed by atoms with E-state index in [0.29, 0.717) is 11.3 Å². The van der Waals surface area contributed by atoms with Crippen molar-refractivity contribution in [3.8, 4) is 0 Å². The van der Waals surface area contributed by atoms with E-state index in [1.165, 1.54) is 14.2 Å². The first-order chi connectivity index (χ1) is 9.62. The van der Waals surface area contributed by atoms with Crippen molar-refractivity contribution in [2.24, 2.45) is 17.8 Å². The number of allylic oxidation sites excluding steroid dienone is 1. The lowest BCUT2D eigenvalue weighted by Crippen LogP contribution is -2.66. The molecule has 20 heavy (non-hydrogen) atoms. The van der Waals surface area contributed by atoms with Crippen LogP contribution < -0.4 is 0 Å². The number of carbonyl (C=O) groups excluding carboxylic acids is 2. The number of ketones is 1. The molecule has 2 fully saturated rings. The summed E-state index contributed by atoms with van der Waals surface area (Å²) in [7, 11) is 2.74. The highest BCUT2D eigenvalue weighted by atomic mass is 16.7. The Morgan fingerprint density at radius 2 is 2.20 bits per heavy atom. The van der Waals surface area contributed by atoms with Crippen LogP contribution in [0.5, 0.6) is 0 Å². The maximum absolute atomic E-state index is 12.7. The van der Waals surface area contributed by atoms with Gasteiger partial charge in [-0.15, -0.1) is 0 Å². The van der Waals surface area contributed by atoms with Crippen molar-refractivity contribution >= 4 is 11.8 Å². The molecule has 1 unspecified atom stereocenters. The Hall–Kier alpha value is -1.66. The number of Topliss-reactive ketones (excluding diaryl/α,β-unsaturated/α-hetero) is 1. The molecule has 0 N–H and O–H groups in total. The molecule has 0 amide bonds. The van der Waals surface area contributed by atoms with Gasteiger partial charge in [-0.05, 0) is 6.08 Å². The zero-order valence-electron chi connectivity index (χ0n) is 11.1. The molecule has 0 spiro atoms. The second-order valence-corrected chi connectivity index (χ2v) is 5.43. The molecule has 5 aliphatic rings. The molecule has 2 heterocycles. The average molecular weight is 278 g/mol. The van der Waals surface area contributed by atoms with Gasteiger partial charge in [0.1, 0.15) is 18.5 Å². The SMILES string of the molecule is COC(=O)C1=C[C@H]2C(=O)C3(OC)OCC4=C[C@@H]2[C@@H](O4)[C@H]13. The molecule has 5 atom stereocenters. The molecule has 1 saturated heterocycles. The fraction of sp³-hybridized carbons (Fsp3) is 0.571. The summed E-state index contributed by atoms with van der Waals surface area (Å²) in [6, 6.07) is 0. The van der Waals surface area contributed by atoms with Crippen molar-refractivity contribution < 1.29 is 28.5 Å². The van der Waals surface area contributed by atoms with Crippen molar-refractivity contribution in [1.82, 2.24) is 0 Å². The first-order valence-electron chi connectivity index (χ1n) is 6.53. The average Bonchev–Trinajstić information content (AvgIpc) is 2.83. The third-order valence-corrected chi connectivity index (χ3v) is 4.69. The van der Waals surface area contributed by atoms with Crippen molar-refractivity contribution in [2.75, 3.05) is 20.8 Å². The maximum atomic E-state index is 12.7. The third-order valence-electron chi connectivity index (χ3n) is 4.69. The second kappa shape index (κ2) is 3.71. The molecule has 6 heteroatoms. The van der Waals surface area contributed by atoms with Gasteiger partial charge in [-0.3, -0.25) is 4.79 Å². The molecule has 6 nitrogen and oxygen atoms in total. The first kappa shape index (κ1) is 12.1. The van der Waals surface area contributed by atoms with Gasteiger partial charge in [0.05, 0.1) is 18.9 Å². The van der Waals surface area contributed by atoms with Gasteiger partial charge in [-0.2, -0.15) is 0 Å². The van der Waals surface area contributed by atoms with Crippen LogP contribution in [0.4, 0.5) is 0 Å². The van der Waals surface area contributed by atoms with E-state index in [1.807, 2.05) is 6.08 Å². The van der Waals surface area contributed by atoms with E-state index in [-0.39, 0.29) is 24.4 Å². The summed E-state index contributed by atoms with van der Waals surface area (Å²) in [6.07, 6.45) is 3.33. The normalized spacial score (nSPS) is 43.8. The minimum atomic E-state index is -1.43. The van der Waals surface area contributed by atoms with Crippen molar-refractivity contribution in [1.29, 1.82) is 0 Å². The highest BCUT2D eigenvalue weighted by molar-refractivity contribution is 6.00. The predicted octanol–water partition coefficient (Wildman–Crippen LogP) is 0.186. The largest absolute Gasteiger partial charge is 0.491 e. The predicted molar refractivity (Wildman–Crippen MR) is 64.2 cm³/mol. The van der Waals surface area contributed by atoms with Crippen LogP contribution in [0.3, 0.4) is 0 Å². The highest BCUT2D eigenvalue weighted by Crippen LogP contribution is 2.56. The Kier molecular flexibility index (Phi) is 2.24. The molecule has 1 saturated carbocycles. The number of hydrogen-bond donors (Lipinski definition) is 0. The molecular weight excluding hydrogens is 264 g/mol.